The fourth-order valence-corrected chi connectivity index (χ4v) is 2.19. The molecule has 0 radical (unpaired) electrons. The van der Waals surface area contributed by atoms with E-state index in [0.717, 1.165) is 24.4 Å². The highest BCUT2D eigenvalue weighted by molar-refractivity contribution is 5.33. The molecule has 1 heterocycles. The van der Waals surface area contributed by atoms with E-state index >= 15 is 0 Å². The summed E-state index contributed by atoms with van der Waals surface area (Å²) in [4.78, 5) is 4.20. The Morgan fingerprint density at radius 3 is 2.74 bits per heavy atom. The molecule has 1 aromatic carbocycles. The van der Waals surface area contributed by atoms with Gasteiger partial charge < -0.3 is 15.0 Å². The van der Waals surface area contributed by atoms with Gasteiger partial charge in [-0.3, -0.25) is 0 Å². The Bertz CT molecular complexity index is 540. The van der Waals surface area contributed by atoms with Crippen LogP contribution >= 0.6 is 0 Å². The molecule has 0 atom stereocenters. The molecular weight excluding hydrogens is 238 g/mol. The second-order valence-electron chi connectivity index (χ2n) is 5.26. The standard InChI is InChI=1S/C15H21N3O/c1-15(2,16)14-10-17-11-18(14)9-8-12-6-4-5-7-13(12)19-3/h4-7,10-11H,8-9,16H2,1-3H3. The Morgan fingerprint density at radius 2 is 2.05 bits per heavy atom. The maximum atomic E-state index is 6.14. The number of hydrogen-bond acceptors (Lipinski definition) is 3. The van der Waals surface area contributed by atoms with Crippen molar-refractivity contribution in [2.24, 2.45) is 5.73 Å². The quantitative estimate of drug-likeness (QED) is 0.896. The summed E-state index contributed by atoms with van der Waals surface area (Å²) in [5, 5.41) is 0. The second kappa shape index (κ2) is 5.45. The molecule has 0 aliphatic heterocycles. The molecule has 0 fully saturated rings. The minimum atomic E-state index is -0.378. The van der Waals surface area contributed by atoms with Crippen LogP contribution in [-0.2, 0) is 18.5 Å². The average Bonchev–Trinajstić information content (AvgIpc) is 2.85. The molecule has 0 bridgehead atoms. The number of benzene rings is 1. The van der Waals surface area contributed by atoms with Crippen molar-refractivity contribution in [3.63, 3.8) is 0 Å². The molecule has 0 saturated heterocycles. The van der Waals surface area contributed by atoms with Crippen LogP contribution in [0.3, 0.4) is 0 Å². The summed E-state index contributed by atoms with van der Waals surface area (Å²) in [5.41, 5.74) is 8.00. The fraction of sp³-hybridized carbons (Fsp3) is 0.400. The molecule has 4 nitrogen and oxygen atoms in total. The summed E-state index contributed by atoms with van der Waals surface area (Å²) in [6.07, 6.45) is 4.56. The smallest absolute Gasteiger partial charge is 0.122 e. The van der Waals surface area contributed by atoms with Crippen molar-refractivity contribution in [3.8, 4) is 5.75 Å². The molecule has 102 valence electrons. The number of aryl methyl sites for hydroxylation is 2. The molecule has 1 aromatic heterocycles. The Morgan fingerprint density at radius 1 is 1.32 bits per heavy atom. The van der Waals surface area contributed by atoms with Gasteiger partial charge in [0.1, 0.15) is 5.75 Å². The molecule has 0 aliphatic rings. The molecule has 19 heavy (non-hydrogen) atoms. The lowest BCUT2D eigenvalue weighted by atomic mass is 10.0. The maximum absolute atomic E-state index is 6.14. The lowest BCUT2D eigenvalue weighted by Crippen LogP contribution is -2.31. The van der Waals surface area contributed by atoms with E-state index in [4.69, 9.17) is 10.5 Å². The normalized spacial score (nSPS) is 11.6. The van der Waals surface area contributed by atoms with E-state index in [1.54, 1.807) is 7.11 Å². The van der Waals surface area contributed by atoms with Crippen molar-refractivity contribution in [2.45, 2.75) is 32.4 Å². The van der Waals surface area contributed by atoms with Gasteiger partial charge in [0.15, 0.2) is 0 Å². The van der Waals surface area contributed by atoms with Gasteiger partial charge >= 0.3 is 0 Å². The van der Waals surface area contributed by atoms with Crippen LogP contribution in [0.2, 0.25) is 0 Å². The van der Waals surface area contributed by atoms with Crippen LogP contribution in [-0.4, -0.2) is 16.7 Å². The zero-order chi connectivity index (χ0) is 13.9. The molecule has 2 aromatic rings. The van der Waals surface area contributed by atoms with Crippen molar-refractivity contribution in [1.82, 2.24) is 9.55 Å². The highest BCUT2D eigenvalue weighted by Crippen LogP contribution is 2.20. The van der Waals surface area contributed by atoms with E-state index in [-0.39, 0.29) is 5.54 Å². The first-order chi connectivity index (χ1) is 9.02. The van der Waals surface area contributed by atoms with Crippen molar-refractivity contribution in [2.75, 3.05) is 7.11 Å². The summed E-state index contributed by atoms with van der Waals surface area (Å²) in [6.45, 7) is 4.82. The fourth-order valence-electron chi connectivity index (χ4n) is 2.19. The van der Waals surface area contributed by atoms with Crippen molar-refractivity contribution < 1.29 is 4.74 Å². The molecule has 2 rings (SSSR count). The highest BCUT2D eigenvalue weighted by Gasteiger charge is 2.18. The molecule has 2 N–H and O–H groups in total. The van der Waals surface area contributed by atoms with Crippen LogP contribution in [0.4, 0.5) is 0 Å². The zero-order valence-corrected chi connectivity index (χ0v) is 11.8. The van der Waals surface area contributed by atoms with Gasteiger partial charge in [-0.1, -0.05) is 18.2 Å². The number of para-hydroxylation sites is 1. The Balaban J connectivity index is 2.13. The Labute approximate surface area is 114 Å². The number of hydrogen-bond donors (Lipinski definition) is 1. The molecule has 0 aliphatic carbocycles. The third kappa shape index (κ3) is 3.15. The van der Waals surface area contributed by atoms with E-state index < -0.39 is 0 Å². The molecule has 0 saturated carbocycles. The lowest BCUT2D eigenvalue weighted by Gasteiger charge is -2.20. The van der Waals surface area contributed by atoms with E-state index in [0.29, 0.717) is 0 Å². The van der Waals surface area contributed by atoms with Gasteiger partial charge in [0, 0.05) is 12.7 Å². The summed E-state index contributed by atoms with van der Waals surface area (Å²) >= 11 is 0. The van der Waals surface area contributed by atoms with E-state index in [2.05, 4.69) is 15.6 Å². The zero-order valence-electron chi connectivity index (χ0n) is 11.8. The van der Waals surface area contributed by atoms with Crippen molar-refractivity contribution in [3.05, 3.63) is 48.0 Å². The van der Waals surface area contributed by atoms with Gasteiger partial charge in [-0.15, -0.1) is 0 Å². The van der Waals surface area contributed by atoms with Gasteiger partial charge in [0.05, 0.1) is 24.7 Å². The SMILES string of the molecule is COc1ccccc1CCn1cncc1C(C)(C)N. The largest absolute Gasteiger partial charge is 0.496 e. The summed E-state index contributed by atoms with van der Waals surface area (Å²) in [7, 11) is 1.70. The Kier molecular flexibility index (Phi) is 3.90. The van der Waals surface area contributed by atoms with Crippen LogP contribution in [0.15, 0.2) is 36.8 Å². The second-order valence-corrected chi connectivity index (χ2v) is 5.26. The average molecular weight is 259 g/mol. The van der Waals surface area contributed by atoms with Crippen LogP contribution in [0.1, 0.15) is 25.1 Å². The monoisotopic (exact) mass is 259 g/mol. The molecule has 4 heteroatoms. The van der Waals surface area contributed by atoms with Gasteiger partial charge in [-0.25, -0.2) is 4.98 Å². The molecular formula is C15H21N3O. The number of nitrogens with zero attached hydrogens (tertiary/aromatic N) is 2. The number of methoxy groups -OCH3 is 1. The third-order valence-corrected chi connectivity index (χ3v) is 3.19. The van der Waals surface area contributed by atoms with Crippen molar-refractivity contribution >= 4 is 0 Å². The van der Waals surface area contributed by atoms with Gasteiger partial charge in [-0.2, -0.15) is 0 Å². The topological polar surface area (TPSA) is 53.1 Å². The predicted molar refractivity (Wildman–Crippen MR) is 76.1 cm³/mol. The summed E-state index contributed by atoms with van der Waals surface area (Å²) < 4.78 is 7.47. The third-order valence-electron chi connectivity index (χ3n) is 3.19. The minimum absolute atomic E-state index is 0.378. The lowest BCUT2D eigenvalue weighted by molar-refractivity contribution is 0.407. The summed E-state index contributed by atoms with van der Waals surface area (Å²) in [5.74, 6) is 0.927. The number of imidazole rings is 1. The van der Waals surface area contributed by atoms with Gasteiger partial charge in [-0.05, 0) is 31.9 Å². The number of aromatic nitrogens is 2. The van der Waals surface area contributed by atoms with Crippen LogP contribution in [0.5, 0.6) is 5.75 Å². The number of ether oxygens (including phenoxy) is 1. The molecule has 0 amide bonds. The first kappa shape index (κ1) is 13.6. The first-order valence-electron chi connectivity index (χ1n) is 6.44. The Hall–Kier alpha value is -1.81. The maximum Gasteiger partial charge on any atom is 0.122 e. The molecule has 0 unspecified atom stereocenters. The number of nitrogens with two attached hydrogens (primary N) is 1. The highest BCUT2D eigenvalue weighted by atomic mass is 16.5. The van der Waals surface area contributed by atoms with Crippen LogP contribution in [0.25, 0.3) is 0 Å². The van der Waals surface area contributed by atoms with Gasteiger partial charge in [0.2, 0.25) is 0 Å². The first-order valence-corrected chi connectivity index (χ1v) is 6.44. The summed E-state index contributed by atoms with van der Waals surface area (Å²) in [6, 6.07) is 8.08. The van der Waals surface area contributed by atoms with E-state index in [1.165, 1.54) is 5.56 Å². The van der Waals surface area contributed by atoms with Crippen molar-refractivity contribution in [1.29, 1.82) is 0 Å². The van der Waals surface area contributed by atoms with E-state index in [9.17, 15) is 0 Å². The van der Waals surface area contributed by atoms with Gasteiger partial charge in [0.25, 0.3) is 0 Å². The minimum Gasteiger partial charge on any atom is -0.496 e. The predicted octanol–water partition coefficient (Wildman–Crippen LogP) is 2.33. The van der Waals surface area contributed by atoms with Crippen LogP contribution in [0, 0.1) is 0 Å². The van der Waals surface area contributed by atoms with Crippen LogP contribution < -0.4 is 10.5 Å². The number of rotatable bonds is 5. The molecule has 0 spiro atoms. The van der Waals surface area contributed by atoms with E-state index in [1.807, 2.05) is 44.6 Å².